The van der Waals surface area contributed by atoms with Crippen molar-refractivity contribution in [3.05, 3.63) is 58.1 Å². The van der Waals surface area contributed by atoms with Crippen LogP contribution in [-0.2, 0) is 4.79 Å². The molecule has 1 saturated heterocycles. The number of carbonyl (C=O) groups is 2. The number of benzene rings is 2. The predicted octanol–water partition coefficient (Wildman–Crippen LogP) is 2.53. The third kappa shape index (κ3) is 5.05. The zero-order chi connectivity index (χ0) is 21.5. The average molecular weight is 413 g/mol. The van der Waals surface area contributed by atoms with Crippen LogP contribution >= 0.6 is 0 Å². The Bertz CT molecular complexity index is 925. The normalized spacial score (nSPS) is 13.6. The zero-order valence-electron chi connectivity index (χ0n) is 16.7. The fourth-order valence-electron chi connectivity index (χ4n) is 3.33. The molecular weight excluding hydrogens is 390 g/mol. The van der Waals surface area contributed by atoms with Crippen molar-refractivity contribution in [2.75, 3.05) is 44.8 Å². The summed E-state index contributed by atoms with van der Waals surface area (Å²) in [7, 11) is 1.58. The van der Waals surface area contributed by atoms with Crippen molar-refractivity contribution < 1.29 is 24.0 Å². The van der Waals surface area contributed by atoms with Crippen LogP contribution in [0.4, 0.5) is 11.4 Å². The van der Waals surface area contributed by atoms with Gasteiger partial charge in [0.2, 0.25) is 5.91 Å². The van der Waals surface area contributed by atoms with E-state index < -0.39 is 4.92 Å². The van der Waals surface area contributed by atoms with E-state index in [0.717, 1.165) is 0 Å². The standard InChI is InChI=1S/C21H23N3O6/c1-29-17-3-2-4-18(14-17)30-12-7-21(26)23-10-8-22(9-11-23)19-6-5-16(15-25)13-20(19)24(27)28/h2-6,13-15H,7-12H2,1H3. The summed E-state index contributed by atoms with van der Waals surface area (Å²) in [4.78, 5) is 37.8. The maximum absolute atomic E-state index is 12.5. The Kier molecular flexibility index (Phi) is 6.84. The first-order valence-corrected chi connectivity index (χ1v) is 9.55. The molecule has 3 rings (SSSR count). The number of piperazine rings is 1. The summed E-state index contributed by atoms with van der Waals surface area (Å²) < 4.78 is 10.8. The van der Waals surface area contributed by atoms with Crippen molar-refractivity contribution in [3.63, 3.8) is 0 Å². The Labute approximate surface area is 173 Å². The number of ether oxygens (including phenoxy) is 2. The molecule has 9 heteroatoms. The van der Waals surface area contributed by atoms with Crippen LogP contribution in [0, 0.1) is 10.1 Å². The lowest BCUT2D eigenvalue weighted by atomic mass is 10.1. The monoisotopic (exact) mass is 413 g/mol. The van der Waals surface area contributed by atoms with Gasteiger partial charge in [0.15, 0.2) is 0 Å². The van der Waals surface area contributed by atoms with Gasteiger partial charge in [0.1, 0.15) is 23.5 Å². The Morgan fingerprint density at radius 1 is 1.13 bits per heavy atom. The van der Waals surface area contributed by atoms with Crippen molar-refractivity contribution in [2.24, 2.45) is 0 Å². The minimum absolute atomic E-state index is 0.0247. The second kappa shape index (κ2) is 9.73. The molecule has 0 unspecified atom stereocenters. The number of nitro groups is 1. The molecule has 2 aromatic rings. The maximum atomic E-state index is 12.5. The maximum Gasteiger partial charge on any atom is 0.293 e. The molecule has 2 aromatic carbocycles. The summed E-state index contributed by atoms with van der Waals surface area (Å²) in [5, 5.41) is 11.4. The second-order valence-corrected chi connectivity index (χ2v) is 6.77. The smallest absolute Gasteiger partial charge is 0.293 e. The van der Waals surface area contributed by atoms with Gasteiger partial charge >= 0.3 is 0 Å². The molecule has 0 saturated carbocycles. The molecule has 1 aliphatic heterocycles. The molecule has 0 aromatic heterocycles. The SMILES string of the molecule is COc1cccc(OCCC(=O)N2CCN(c3ccc(C=O)cc3[N+](=O)[O-])CC2)c1. The van der Waals surface area contributed by atoms with E-state index in [9.17, 15) is 19.7 Å². The summed E-state index contributed by atoms with van der Waals surface area (Å²) >= 11 is 0. The lowest BCUT2D eigenvalue weighted by Gasteiger charge is -2.35. The van der Waals surface area contributed by atoms with Crippen molar-refractivity contribution in [2.45, 2.75) is 6.42 Å². The number of nitrogens with zero attached hydrogens (tertiary/aromatic N) is 3. The molecule has 1 heterocycles. The highest BCUT2D eigenvalue weighted by molar-refractivity contribution is 5.80. The third-order valence-corrected chi connectivity index (χ3v) is 4.93. The van der Waals surface area contributed by atoms with E-state index in [1.54, 1.807) is 36.3 Å². The Balaban J connectivity index is 1.52. The van der Waals surface area contributed by atoms with Crippen LogP contribution < -0.4 is 14.4 Å². The van der Waals surface area contributed by atoms with Gasteiger partial charge in [-0.05, 0) is 24.3 Å². The Morgan fingerprint density at radius 3 is 2.53 bits per heavy atom. The van der Waals surface area contributed by atoms with Crippen LogP contribution in [0.15, 0.2) is 42.5 Å². The molecule has 0 radical (unpaired) electrons. The Morgan fingerprint density at radius 2 is 1.87 bits per heavy atom. The summed E-state index contributed by atoms with van der Waals surface area (Å²) in [5.74, 6) is 1.30. The van der Waals surface area contributed by atoms with Gasteiger partial charge < -0.3 is 19.3 Å². The van der Waals surface area contributed by atoms with E-state index in [2.05, 4.69) is 0 Å². The topological polar surface area (TPSA) is 102 Å². The molecule has 30 heavy (non-hydrogen) atoms. The van der Waals surface area contributed by atoms with Gasteiger partial charge in [-0.25, -0.2) is 0 Å². The van der Waals surface area contributed by atoms with Gasteiger partial charge in [0.05, 0.1) is 25.1 Å². The number of nitro benzene ring substituents is 1. The summed E-state index contributed by atoms with van der Waals surface area (Å²) in [6, 6.07) is 11.6. The van der Waals surface area contributed by atoms with Gasteiger partial charge in [-0.2, -0.15) is 0 Å². The first-order chi connectivity index (χ1) is 14.5. The van der Waals surface area contributed by atoms with Gasteiger partial charge in [0, 0.05) is 43.9 Å². The lowest BCUT2D eigenvalue weighted by Crippen LogP contribution is -2.49. The minimum atomic E-state index is -0.490. The van der Waals surface area contributed by atoms with Crippen LogP contribution in [0.25, 0.3) is 0 Å². The third-order valence-electron chi connectivity index (χ3n) is 4.93. The number of carbonyl (C=O) groups excluding carboxylic acids is 2. The molecule has 1 aliphatic rings. The highest BCUT2D eigenvalue weighted by atomic mass is 16.6. The van der Waals surface area contributed by atoms with E-state index in [4.69, 9.17) is 9.47 Å². The van der Waals surface area contributed by atoms with Gasteiger partial charge in [-0.15, -0.1) is 0 Å². The van der Waals surface area contributed by atoms with Crippen molar-refractivity contribution in [1.29, 1.82) is 0 Å². The number of rotatable bonds is 8. The quantitative estimate of drug-likeness (QED) is 0.372. The van der Waals surface area contributed by atoms with Crippen LogP contribution in [0.1, 0.15) is 16.8 Å². The van der Waals surface area contributed by atoms with Crippen molar-refractivity contribution >= 4 is 23.6 Å². The van der Waals surface area contributed by atoms with Gasteiger partial charge in [-0.3, -0.25) is 19.7 Å². The van der Waals surface area contributed by atoms with E-state index in [1.807, 2.05) is 17.0 Å². The zero-order valence-corrected chi connectivity index (χ0v) is 16.7. The summed E-state index contributed by atoms with van der Waals surface area (Å²) in [6.07, 6.45) is 0.826. The van der Waals surface area contributed by atoms with Crippen LogP contribution in [-0.4, -0.2) is 61.9 Å². The molecule has 0 aliphatic carbocycles. The molecule has 9 nitrogen and oxygen atoms in total. The average Bonchev–Trinajstić information content (AvgIpc) is 2.78. The molecule has 1 amide bonds. The lowest BCUT2D eigenvalue weighted by molar-refractivity contribution is -0.384. The van der Waals surface area contributed by atoms with Crippen molar-refractivity contribution in [1.82, 2.24) is 4.90 Å². The molecule has 158 valence electrons. The first-order valence-electron chi connectivity index (χ1n) is 9.55. The number of amides is 1. The molecule has 0 N–H and O–H groups in total. The van der Waals surface area contributed by atoms with Gasteiger partial charge in [-0.1, -0.05) is 6.07 Å². The van der Waals surface area contributed by atoms with E-state index in [-0.39, 0.29) is 30.2 Å². The summed E-state index contributed by atoms with van der Waals surface area (Å²) in [6.45, 7) is 2.13. The highest BCUT2D eigenvalue weighted by Gasteiger charge is 2.26. The number of anilines is 1. The number of hydrogen-bond acceptors (Lipinski definition) is 7. The predicted molar refractivity (Wildman–Crippen MR) is 110 cm³/mol. The van der Waals surface area contributed by atoms with Gasteiger partial charge in [0.25, 0.3) is 5.69 Å². The fourth-order valence-corrected chi connectivity index (χ4v) is 3.33. The molecule has 0 bridgehead atoms. The van der Waals surface area contributed by atoms with E-state index >= 15 is 0 Å². The largest absolute Gasteiger partial charge is 0.497 e. The number of aldehydes is 1. The van der Waals surface area contributed by atoms with Crippen LogP contribution in [0.5, 0.6) is 11.5 Å². The van der Waals surface area contributed by atoms with Crippen LogP contribution in [0.2, 0.25) is 0 Å². The fraction of sp³-hybridized carbons (Fsp3) is 0.333. The Hall–Kier alpha value is -3.62. The second-order valence-electron chi connectivity index (χ2n) is 6.77. The first kappa shape index (κ1) is 21.1. The molecule has 1 fully saturated rings. The molecule has 0 atom stereocenters. The van der Waals surface area contributed by atoms with Crippen molar-refractivity contribution in [3.8, 4) is 11.5 Å². The van der Waals surface area contributed by atoms with E-state index in [0.29, 0.717) is 49.7 Å². The summed E-state index contributed by atoms with van der Waals surface area (Å²) in [5.41, 5.74) is 0.612. The molecule has 0 spiro atoms. The highest BCUT2D eigenvalue weighted by Crippen LogP contribution is 2.29. The van der Waals surface area contributed by atoms with Crippen LogP contribution in [0.3, 0.4) is 0 Å². The number of methoxy groups -OCH3 is 1. The molecular formula is C21H23N3O6. The van der Waals surface area contributed by atoms with E-state index in [1.165, 1.54) is 6.07 Å². The number of hydrogen-bond donors (Lipinski definition) is 0. The minimum Gasteiger partial charge on any atom is -0.497 e.